The van der Waals surface area contributed by atoms with Crippen LogP contribution in [0.5, 0.6) is 0 Å². The van der Waals surface area contributed by atoms with Crippen molar-refractivity contribution < 1.29 is 14.7 Å². The molecule has 1 aliphatic carbocycles. The number of carbonyl (C=O) groups is 2. The second-order valence-electron chi connectivity index (χ2n) is 6.29. The number of carbonyl (C=O) groups excluding carboxylic acids is 2. The van der Waals surface area contributed by atoms with Gasteiger partial charge < -0.3 is 10.0 Å². The van der Waals surface area contributed by atoms with Crippen molar-refractivity contribution in [2.75, 3.05) is 13.1 Å². The Labute approximate surface area is 124 Å². The minimum atomic E-state index is -0.247. The Balaban J connectivity index is 1.75. The zero-order valence-corrected chi connectivity index (χ0v) is 12.3. The second-order valence-corrected chi connectivity index (χ2v) is 6.29. The predicted octanol–water partition coefficient (Wildman–Crippen LogP) is 2.12. The van der Waals surface area contributed by atoms with Gasteiger partial charge in [-0.05, 0) is 31.9 Å². The van der Waals surface area contributed by atoms with Crippen LogP contribution < -0.4 is 0 Å². The van der Waals surface area contributed by atoms with E-state index in [0.29, 0.717) is 24.2 Å². The van der Waals surface area contributed by atoms with E-state index in [-0.39, 0.29) is 29.6 Å². The Bertz CT molecular complexity index is 538. The lowest BCUT2D eigenvalue weighted by atomic mass is 9.75. The minimum Gasteiger partial charge on any atom is -0.392 e. The molecule has 1 N–H and O–H groups in total. The van der Waals surface area contributed by atoms with E-state index in [1.54, 1.807) is 24.3 Å². The van der Waals surface area contributed by atoms with Crippen molar-refractivity contribution in [2.45, 2.75) is 32.3 Å². The van der Waals surface area contributed by atoms with Gasteiger partial charge in [0, 0.05) is 36.1 Å². The van der Waals surface area contributed by atoms with E-state index in [0.717, 1.165) is 19.3 Å². The Kier molecular flexibility index (Phi) is 3.81. The first-order chi connectivity index (χ1) is 10.1. The average molecular weight is 287 g/mol. The monoisotopic (exact) mass is 287 g/mol. The lowest BCUT2D eigenvalue weighted by Crippen LogP contribution is -2.53. The normalized spacial score (nSPS) is 28.3. The number of likely N-dealkylation sites (tertiary alicyclic amines) is 1. The molecule has 1 saturated heterocycles. The third-order valence-corrected chi connectivity index (χ3v) is 4.85. The number of aliphatic hydroxyl groups is 1. The number of Topliss-reactive ketones (excluding diaryl/α,β-unsaturated/α-hetero) is 1. The summed E-state index contributed by atoms with van der Waals surface area (Å²) < 4.78 is 0. The number of benzene rings is 1. The van der Waals surface area contributed by atoms with Crippen LogP contribution in [0.15, 0.2) is 24.3 Å². The molecule has 3 rings (SSSR count). The van der Waals surface area contributed by atoms with Crippen molar-refractivity contribution in [1.29, 1.82) is 0 Å². The maximum absolute atomic E-state index is 12.6. The molecule has 1 aromatic rings. The van der Waals surface area contributed by atoms with Crippen molar-refractivity contribution in [1.82, 2.24) is 4.90 Å². The number of ketones is 1. The van der Waals surface area contributed by atoms with Crippen molar-refractivity contribution >= 4 is 11.7 Å². The van der Waals surface area contributed by atoms with Gasteiger partial charge in [-0.2, -0.15) is 0 Å². The third-order valence-electron chi connectivity index (χ3n) is 4.85. The highest BCUT2D eigenvalue weighted by Gasteiger charge is 2.39. The maximum Gasteiger partial charge on any atom is 0.253 e. The Hall–Kier alpha value is -1.68. The summed E-state index contributed by atoms with van der Waals surface area (Å²) >= 11 is 0. The van der Waals surface area contributed by atoms with Gasteiger partial charge in [-0.15, -0.1) is 0 Å². The van der Waals surface area contributed by atoms with E-state index < -0.39 is 0 Å². The van der Waals surface area contributed by atoms with E-state index >= 15 is 0 Å². The average Bonchev–Trinajstić information content (AvgIpc) is 2.46. The summed E-state index contributed by atoms with van der Waals surface area (Å²) in [6.07, 6.45) is 2.92. The summed E-state index contributed by atoms with van der Waals surface area (Å²) in [5.74, 6) is 0.453. The molecule has 0 aromatic heterocycles. The van der Waals surface area contributed by atoms with Gasteiger partial charge in [-0.3, -0.25) is 9.59 Å². The first-order valence-electron chi connectivity index (χ1n) is 7.64. The fourth-order valence-electron chi connectivity index (χ4n) is 3.60. The molecule has 1 heterocycles. The molecule has 1 saturated carbocycles. The Morgan fingerprint density at radius 1 is 1.05 bits per heavy atom. The molecule has 0 spiro atoms. The van der Waals surface area contributed by atoms with Crippen LogP contribution in [-0.4, -0.2) is 40.9 Å². The fourth-order valence-corrected chi connectivity index (χ4v) is 3.60. The Morgan fingerprint density at radius 2 is 1.57 bits per heavy atom. The standard InChI is InChI=1S/C17H21NO3/c1-11(19)12-5-7-13(8-6-12)17(21)18-9-14-3-2-4-15(10-18)16(14)20/h5-8,14-16,20H,2-4,9-10H2,1H3. The fraction of sp³-hybridized carbons (Fsp3) is 0.529. The number of fused-ring (bicyclic) bond motifs is 2. The van der Waals surface area contributed by atoms with Crippen LogP contribution in [0.25, 0.3) is 0 Å². The Morgan fingerprint density at radius 3 is 2.10 bits per heavy atom. The number of piperidine rings is 1. The maximum atomic E-state index is 12.6. The predicted molar refractivity (Wildman–Crippen MR) is 79.2 cm³/mol. The van der Waals surface area contributed by atoms with Crippen LogP contribution in [0.3, 0.4) is 0 Å². The molecule has 1 amide bonds. The number of aliphatic hydroxyl groups excluding tert-OH is 1. The summed E-state index contributed by atoms with van der Waals surface area (Å²) in [6, 6.07) is 6.85. The lowest BCUT2D eigenvalue weighted by Gasteiger charge is -2.45. The zero-order valence-electron chi connectivity index (χ0n) is 12.3. The number of amides is 1. The van der Waals surface area contributed by atoms with Gasteiger partial charge in [0.05, 0.1) is 6.10 Å². The molecular formula is C17H21NO3. The SMILES string of the molecule is CC(=O)c1ccc(C(=O)N2CC3CCCC(C2)C3O)cc1. The molecule has 1 aromatic carbocycles. The van der Waals surface area contributed by atoms with Crippen molar-refractivity contribution in [3.8, 4) is 0 Å². The zero-order chi connectivity index (χ0) is 15.0. The molecule has 21 heavy (non-hydrogen) atoms. The van der Waals surface area contributed by atoms with Gasteiger partial charge in [-0.25, -0.2) is 0 Å². The minimum absolute atomic E-state index is 0.00428. The lowest BCUT2D eigenvalue weighted by molar-refractivity contribution is -0.0413. The molecular weight excluding hydrogens is 266 g/mol. The molecule has 2 fully saturated rings. The molecule has 4 heteroatoms. The molecule has 4 nitrogen and oxygen atoms in total. The van der Waals surface area contributed by atoms with Gasteiger partial charge in [0.2, 0.25) is 0 Å². The highest BCUT2D eigenvalue weighted by molar-refractivity contribution is 5.97. The summed E-state index contributed by atoms with van der Waals surface area (Å²) in [4.78, 5) is 25.7. The highest BCUT2D eigenvalue weighted by Crippen LogP contribution is 2.35. The van der Waals surface area contributed by atoms with Gasteiger partial charge in [0.1, 0.15) is 0 Å². The number of hydrogen-bond donors (Lipinski definition) is 1. The molecule has 2 atom stereocenters. The quantitative estimate of drug-likeness (QED) is 0.848. The van der Waals surface area contributed by atoms with Gasteiger partial charge in [0.15, 0.2) is 5.78 Å². The van der Waals surface area contributed by atoms with Crippen LogP contribution in [-0.2, 0) is 0 Å². The number of rotatable bonds is 2. The first-order valence-corrected chi connectivity index (χ1v) is 7.64. The smallest absolute Gasteiger partial charge is 0.253 e. The van der Waals surface area contributed by atoms with Gasteiger partial charge >= 0.3 is 0 Å². The van der Waals surface area contributed by atoms with E-state index in [1.807, 2.05) is 4.90 Å². The van der Waals surface area contributed by atoms with E-state index in [2.05, 4.69) is 0 Å². The van der Waals surface area contributed by atoms with Crippen LogP contribution in [0.4, 0.5) is 0 Å². The van der Waals surface area contributed by atoms with Crippen LogP contribution in [0.2, 0.25) is 0 Å². The largest absolute Gasteiger partial charge is 0.392 e. The molecule has 2 bridgehead atoms. The summed E-state index contributed by atoms with van der Waals surface area (Å²) in [5.41, 5.74) is 1.24. The highest BCUT2D eigenvalue weighted by atomic mass is 16.3. The summed E-state index contributed by atoms with van der Waals surface area (Å²) in [6.45, 7) is 2.81. The van der Waals surface area contributed by atoms with E-state index in [1.165, 1.54) is 6.92 Å². The van der Waals surface area contributed by atoms with E-state index in [9.17, 15) is 14.7 Å². The number of nitrogens with zero attached hydrogens (tertiary/aromatic N) is 1. The molecule has 1 aliphatic heterocycles. The van der Waals surface area contributed by atoms with Crippen molar-refractivity contribution in [2.24, 2.45) is 11.8 Å². The van der Waals surface area contributed by atoms with Crippen LogP contribution in [0.1, 0.15) is 46.9 Å². The topological polar surface area (TPSA) is 57.6 Å². The molecule has 2 unspecified atom stereocenters. The van der Waals surface area contributed by atoms with E-state index in [4.69, 9.17) is 0 Å². The second kappa shape index (κ2) is 5.60. The number of hydrogen-bond acceptors (Lipinski definition) is 3. The third kappa shape index (κ3) is 2.72. The van der Waals surface area contributed by atoms with Crippen molar-refractivity contribution in [3.63, 3.8) is 0 Å². The summed E-state index contributed by atoms with van der Waals surface area (Å²) in [5, 5.41) is 10.2. The van der Waals surface area contributed by atoms with Crippen LogP contribution >= 0.6 is 0 Å². The molecule has 2 aliphatic rings. The summed E-state index contributed by atoms with van der Waals surface area (Å²) in [7, 11) is 0. The van der Waals surface area contributed by atoms with Crippen LogP contribution in [0, 0.1) is 11.8 Å². The molecule has 0 radical (unpaired) electrons. The van der Waals surface area contributed by atoms with Gasteiger partial charge in [-0.1, -0.05) is 18.6 Å². The van der Waals surface area contributed by atoms with Crippen molar-refractivity contribution in [3.05, 3.63) is 35.4 Å². The molecule has 112 valence electrons. The van der Waals surface area contributed by atoms with Gasteiger partial charge in [0.25, 0.3) is 5.91 Å². The first kappa shape index (κ1) is 14.3.